The van der Waals surface area contributed by atoms with Gasteiger partial charge in [0.2, 0.25) is 0 Å². The minimum absolute atomic E-state index is 0.392. The molecule has 0 heterocycles. The van der Waals surface area contributed by atoms with Gasteiger partial charge >= 0.3 is 0 Å². The van der Waals surface area contributed by atoms with Gasteiger partial charge in [0.1, 0.15) is 5.75 Å². The van der Waals surface area contributed by atoms with Crippen LogP contribution < -0.4 is 4.74 Å². The van der Waals surface area contributed by atoms with Crippen LogP contribution in [0, 0.1) is 16.7 Å². The first kappa shape index (κ1) is 7.29. The molecule has 0 aliphatic carbocycles. The van der Waals surface area contributed by atoms with E-state index in [2.05, 4.69) is 0 Å². The third-order valence-electron chi connectivity index (χ3n) is 1.06. The topological polar surface area (TPSA) is 56.9 Å². The van der Waals surface area contributed by atoms with Crippen LogP contribution >= 0.6 is 0 Å². The molecule has 54 valence electrons. The van der Waals surface area contributed by atoms with Crippen LogP contribution in [0.15, 0.2) is 30.3 Å². The maximum Gasteiger partial charge on any atom is 0.293 e. The zero-order valence-corrected chi connectivity index (χ0v) is 5.74. The Morgan fingerprint density at radius 1 is 1.36 bits per heavy atom. The first-order valence-electron chi connectivity index (χ1n) is 3.04. The second kappa shape index (κ2) is 3.37. The maximum absolute atomic E-state index is 8.20. The van der Waals surface area contributed by atoms with Gasteiger partial charge in [-0.25, -0.2) is 0 Å². The number of nitrogens with one attached hydrogen (secondary N) is 1. The lowest BCUT2D eigenvalue weighted by Gasteiger charge is -1.97. The third kappa shape index (κ3) is 2.11. The van der Waals surface area contributed by atoms with Crippen molar-refractivity contribution in [1.29, 1.82) is 10.7 Å². The van der Waals surface area contributed by atoms with Crippen LogP contribution in [0.2, 0.25) is 0 Å². The Balaban J connectivity index is 2.67. The van der Waals surface area contributed by atoms with Gasteiger partial charge in [-0.15, -0.1) is 0 Å². The van der Waals surface area contributed by atoms with Gasteiger partial charge in [0.05, 0.1) is 0 Å². The largest absolute Gasteiger partial charge is 0.431 e. The summed E-state index contributed by atoms with van der Waals surface area (Å²) in [5.74, 6) is 0.121. The van der Waals surface area contributed by atoms with E-state index in [-0.39, 0.29) is 0 Å². The minimum Gasteiger partial charge on any atom is -0.431 e. The predicted octanol–water partition coefficient (Wildman–Crippen LogP) is 1.57. The second-order valence-electron chi connectivity index (χ2n) is 1.86. The molecule has 3 nitrogen and oxygen atoms in total. The summed E-state index contributed by atoms with van der Waals surface area (Å²) < 4.78 is 4.79. The monoisotopic (exact) mass is 146 g/mol. The van der Waals surface area contributed by atoms with Crippen molar-refractivity contribution in [3.63, 3.8) is 0 Å². The molecule has 0 atom stereocenters. The molecule has 11 heavy (non-hydrogen) atoms. The standard InChI is InChI=1S/C8H6N2O/c9-6-8(10)11-7-4-2-1-3-5-7/h1-5,10H. The normalized spacial score (nSPS) is 8.27. The van der Waals surface area contributed by atoms with Crippen LogP contribution in [-0.4, -0.2) is 5.90 Å². The van der Waals surface area contributed by atoms with E-state index in [1.807, 2.05) is 6.07 Å². The highest BCUT2D eigenvalue weighted by atomic mass is 16.5. The predicted molar refractivity (Wildman–Crippen MR) is 40.4 cm³/mol. The number of nitrogens with zero attached hydrogens (tertiary/aromatic N) is 1. The van der Waals surface area contributed by atoms with E-state index in [1.54, 1.807) is 30.3 Å². The lowest BCUT2D eigenvalue weighted by atomic mass is 10.3. The Hall–Kier alpha value is -1.82. The summed E-state index contributed by atoms with van der Waals surface area (Å²) in [7, 11) is 0. The van der Waals surface area contributed by atoms with Gasteiger partial charge in [-0.2, -0.15) is 5.26 Å². The molecule has 0 unspecified atom stereocenters. The number of nitriles is 1. The molecule has 3 heteroatoms. The zero-order valence-electron chi connectivity index (χ0n) is 5.74. The Kier molecular flexibility index (Phi) is 2.24. The zero-order chi connectivity index (χ0) is 8.10. The first-order chi connectivity index (χ1) is 5.33. The quantitative estimate of drug-likeness (QED) is 0.483. The number of benzene rings is 1. The Morgan fingerprint density at radius 2 is 2.00 bits per heavy atom. The fraction of sp³-hybridized carbons (Fsp3) is 0. The molecule has 0 amide bonds. The van der Waals surface area contributed by atoms with Gasteiger partial charge < -0.3 is 4.74 Å². The van der Waals surface area contributed by atoms with Crippen LogP contribution in [0.5, 0.6) is 5.75 Å². The van der Waals surface area contributed by atoms with Gasteiger partial charge in [0.15, 0.2) is 6.07 Å². The second-order valence-corrected chi connectivity index (χ2v) is 1.86. The van der Waals surface area contributed by atoms with Crippen LogP contribution in [0.4, 0.5) is 0 Å². The van der Waals surface area contributed by atoms with Gasteiger partial charge in [-0.3, -0.25) is 5.41 Å². The molecule has 1 aromatic rings. The van der Waals surface area contributed by atoms with Crippen LogP contribution in [0.3, 0.4) is 0 Å². The van der Waals surface area contributed by atoms with E-state index in [4.69, 9.17) is 15.4 Å². The van der Waals surface area contributed by atoms with E-state index >= 15 is 0 Å². The van der Waals surface area contributed by atoms with Crippen molar-refractivity contribution in [2.75, 3.05) is 0 Å². The number of para-hydroxylation sites is 1. The summed E-state index contributed by atoms with van der Waals surface area (Å²) >= 11 is 0. The Morgan fingerprint density at radius 3 is 2.55 bits per heavy atom. The summed E-state index contributed by atoms with van der Waals surface area (Å²) in [6.07, 6.45) is 0. The first-order valence-corrected chi connectivity index (χ1v) is 3.04. The highest BCUT2D eigenvalue weighted by molar-refractivity contribution is 5.90. The van der Waals surface area contributed by atoms with Crippen molar-refractivity contribution in [2.45, 2.75) is 0 Å². The van der Waals surface area contributed by atoms with Crippen molar-refractivity contribution < 1.29 is 4.74 Å². The molecule has 0 radical (unpaired) electrons. The SMILES string of the molecule is N#CC(=N)Oc1ccccc1. The fourth-order valence-electron chi connectivity index (χ4n) is 0.629. The Labute approximate surface area is 64.4 Å². The van der Waals surface area contributed by atoms with E-state index in [0.29, 0.717) is 5.75 Å². The molecule has 0 aliphatic rings. The van der Waals surface area contributed by atoms with Crippen molar-refractivity contribution >= 4 is 5.90 Å². The summed E-state index contributed by atoms with van der Waals surface area (Å²) in [5, 5.41) is 15.1. The van der Waals surface area contributed by atoms with E-state index in [0.717, 1.165) is 0 Å². The van der Waals surface area contributed by atoms with Gasteiger partial charge in [0, 0.05) is 0 Å². The summed E-state index contributed by atoms with van der Waals surface area (Å²) in [5.41, 5.74) is 0. The van der Waals surface area contributed by atoms with Crippen molar-refractivity contribution in [1.82, 2.24) is 0 Å². The van der Waals surface area contributed by atoms with Crippen LogP contribution in [-0.2, 0) is 0 Å². The summed E-state index contributed by atoms with van der Waals surface area (Å²) in [6.45, 7) is 0. The fourth-order valence-corrected chi connectivity index (χ4v) is 0.629. The number of rotatable bonds is 1. The number of hydrogen-bond acceptors (Lipinski definition) is 3. The van der Waals surface area contributed by atoms with Crippen LogP contribution in [0.25, 0.3) is 0 Å². The minimum atomic E-state index is -0.392. The Bertz CT molecular complexity index is 287. The van der Waals surface area contributed by atoms with E-state index in [1.165, 1.54) is 0 Å². The van der Waals surface area contributed by atoms with Crippen molar-refractivity contribution in [2.24, 2.45) is 0 Å². The molecule has 0 aromatic heterocycles. The number of ether oxygens (including phenoxy) is 1. The van der Waals surface area contributed by atoms with Crippen LogP contribution in [0.1, 0.15) is 0 Å². The molecular weight excluding hydrogens is 140 g/mol. The highest BCUT2D eigenvalue weighted by Gasteiger charge is 1.94. The highest BCUT2D eigenvalue weighted by Crippen LogP contribution is 2.07. The summed E-state index contributed by atoms with van der Waals surface area (Å²) in [6, 6.07) is 10.3. The van der Waals surface area contributed by atoms with Gasteiger partial charge in [-0.05, 0) is 12.1 Å². The third-order valence-corrected chi connectivity index (χ3v) is 1.06. The van der Waals surface area contributed by atoms with Gasteiger partial charge in [-0.1, -0.05) is 18.2 Å². The van der Waals surface area contributed by atoms with E-state index in [9.17, 15) is 0 Å². The summed E-state index contributed by atoms with van der Waals surface area (Å²) in [4.78, 5) is 0. The molecule has 1 aromatic carbocycles. The molecule has 0 spiro atoms. The molecule has 1 N–H and O–H groups in total. The molecule has 0 aliphatic heterocycles. The molecule has 1 rings (SSSR count). The smallest absolute Gasteiger partial charge is 0.293 e. The lowest BCUT2D eigenvalue weighted by molar-refractivity contribution is 0.552. The average Bonchev–Trinajstić information content (AvgIpc) is 2.06. The maximum atomic E-state index is 8.20. The van der Waals surface area contributed by atoms with Gasteiger partial charge in [0.25, 0.3) is 5.90 Å². The average molecular weight is 146 g/mol. The molecule has 0 saturated carbocycles. The molecular formula is C8H6N2O. The van der Waals surface area contributed by atoms with Crippen molar-refractivity contribution in [3.05, 3.63) is 30.3 Å². The van der Waals surface area contributed by atoms with E-state index < -0.39 is 5.90 Å². The lowest BCUT2D eigenvalue weighted by Crippen LogP contribution is -2.02. The molecule has 0 bridgehead atoms. The number of hydrogen-bond donors (Lipinski definition) is 1. The molecule has 0 fully saturated rings. The molecule has 0 saturated heterocycles. The van der Waals surface area contributed by atoms with Crippen molar-refractivity contribution in [3.8, 4) is 11.8 Å².